The van der Waals surface area contributed by atoms with E-state index < -0.39 is 9.62 Å². The van der Waals surface area contributed by atoms with E-state index in [0.717, 1.165) is 22.0 Å². The van der Waals surface area contributed by atoms with Crippen molar-refractivity contribution in [2.75, 3.05) is 13.4 Å². The summed E-state index contributed by atoms with van der Waals surface area (Å²) in [6, 6.07) is 28.1. The largest absolute Gasteiger partial charge is 0.497 e. The van der Waals surface area contributed by atoms with Crippen molar-refractivity contribution >= 4 is 21.0 Å². The lowest BCUT2D eigenvalue weighted by Crippen LogP contribution is -1.96. The Morgan fingerprint density at radius 2 is 1.17 bits per heavy atom. The third-order valence-electron chi connectivity index (χ3n) is 3.58. The minimum atomic E-state index is -1.73. The minimum absolute atomic E-state index is 0.824. The maximum atomic E-state index is 5.22. The highest BCUT2D eigenvalue weighted by Gasteiger charge is 2.06. The number of hydrogen-bond acceptors (Lipinski definition) is 3. The van der Waals surface area contributed by atoms with Crippen LogP contribution in [0.25, 0.3) is 0 Å². The third kappa shape index (κ3) is 3.84. The van der Waals surface area contributed by atoms with Crippen molar-refractivity contribution < 1.29 is 4.74 Å². The zero-order chi connectivity index (χ0) is 16.8. The normalized spacial score (nSPS) is 12.9. The van der Waals surface area contributed by atoms with Gasteiger partial charge < -0.3 is 4.74 Å². The molecule has 3 rings (SSSR count). The van der Waals surface area contributed by atoms with E-state index in [4.69, 9.17) is 13.5 Å². The Bertz CT molecular complexity index is 911. The second-order valence-electron chi connectivity index (χ2n) is 5.36. The second kappa shape index (κ2) is 7.32. The van der Waals surface area contributed by atoms with Gasteiger partial charge in [0.1, 0.15) is 5.75 Å². The SMILES string of the molecule is COc1ccc(N=S(C)(=Nc2ccccc2)c2ccccc2)cc1. The molecule has 0 aliphatic carbocycles. The maximum absolute atomic E-state index is 5.22. The predicted molar refractivity (Wildman–Crippen MR) is 102 cm³/mol. The topological polar surface area (TPSA) is 34.0 Å². The summed E-state index contributed by atoms with van der Waals surface area (Å²) in [7, 11) is -0.0713. The molecule has 1 unspecified atom stereocenters. The van der Waals surface area contributed by atoms with Crippen LogP contribution in [-0.2, 0) is 9.62 Å². The fourth-order valence-corrected chi connectivity index (χ4v) is 4.34. The average Bonchev–Trinajstić information content (AvgIpc) is 2.64. The van der Waals surface area contributed by atoms with Crippen LogP contribution < -0.4 is 4.74 Å². The Labute approximate surface area is 143 Å². The van der Waals surface area contributed by atoms with E-state index in [1.165, 1.54) is 0 Å². The number of methoxy groups -OCH3 is 1. The van der Waals surface area contributed by atoms with Gasteiger partial charge in [-0.15, -0.1) is 0 Å². The lowest BCUT2D eigenvalue weighted by Gasteiger charge is -2.12. The molecule has 0 heterocycles. The first-order chi connectivity index (χ1) is 11.7. The van der Waals surface area contributed by atoms with Crippen LogP contribution in [0.1, 0.15) is 0 Å². The summed E-state index contributed by atoms with van der Waals surface area (Å²) in [4.78, 5) is 1.13. The lowest BCUT2D eigenvalue weighted by molar-refractivity contribution is 0.415. The summed E-state index contributed by atoms with van der Waals surface area (Å²) >= 11 is 0. The Morgan fingerprint density at radius 1 is 0.667 bits per heavy atom. The molecule has 0 aliphatic rings. The van der Waals surface area contributed by atoms with Crippen molar-refractivity contribution in [3.63, 3.8) is 0 Å². The van der Waals surface area contributed by atoms with Crippen molar-refractivity contribution in [2.45, 2.75) is 4.90 Å². The van der Waals surface area contributed by atoms with E-state index in [-0.39, 0.29) is 0 Å². The number of nitrogens with zero attached hydrogens (tertiary/aromatic N) is 2. The van der Waals surface area contributed by atoms with Crippen molar-refractivity contribution in [1.29, 1.82) is 0 Å². The highest BCUT2D eigenvalue weighted by atomic mass is 32.2. The molecule has 0 saturated carbocycles. The van der Waals surface area contributed by atoms with Crippen LogP contribution in [-0.4, -0.2) is 13.4 Å². The molecule has 0 amide bonds. The van der Waals surface area contributed by atoms with Crippen LogP contribution in [0.5, 0.6) is 5.75 Å². The fraction of sp³-hybridized carbons (Fsp3) is 0.100. The molecule has 3 nitrogen and oxygen atoms in total. The van der Waals surface area contributed by atoms with E-state index in [1.807, 2.05) is 72.8 Å². The summed E-state index contributed by atoms with van der Waals surface area (Å²) in [6.07, 6.45) is 2.11. The van der Waals surface area contributed by atoms with Gasteiger partial charge in [-0.2, -0.15) is 0 Å². The maximum Gasteiger partial charge on any atom is 0.119 e. The van der Waals surface area contributed by atoms with Gasteiger partial charge in [-0.3, -0.25) is 0 Å². The molecule has 0 saturated heterocycles. The summed E-state index contributed by atoms with van der Waals surface area (Å²) < 4.78 is 15.2. The number of rotatable bonds is 4. The van der Waals surface area contributed by atoms with E-state index in [2.05, 4.69) is 18.4 Å². The molecule has 0 aromatic heterocycles. The van der Waals surface area contributed by atoms with Crippen LogP contribution >= 0.6 is 0 Å². The molecule has 0 N–H and O–H groups in total. The summed E-state index contributed by atoms with van der Waals surface area (Å²) in [5, 5.41) is 0. The number of ether oxygens (including phenoxy) is 1. The van der Waals surface area contributed by atoms with Gasteiger partial charge in [0.2, 0.25) is 0 Å². The van der Waals surface area contributed by atoms with Crippen LogP contribution in [0, 0.1) is 0 Å². The molecule has 4 heteroatoms. The lowest BCUT2D eigenvalue weighted by atomic mass is 10.3. The smallest absolute Gasteiger partial charge is 0.119 e. The highest BCUT2D eigenvalue weighted by molar-refractivity contribution is 7.95. The molecular weight excluding hydrogens is 316 g/mol. The molecule has 3 aromatic rings. The molecule has 0 radical (unpaired) electrons. The molecule has 3 aromatic carbocycles. The third-order valence-corrected chi connectivity index (χ3v) is 5.88. The van der Waals surface area contributed by atoms with E-state index >= 15 is 0 Å². The zero-order valence-corrected chi connectivity index (χ0v) is 14.6. The molecule has 1 atom stereocenters. The molecule has 0 fully saturated rings. The highest BCUT2D eigenvalue weighted by Crippen LogP contribution is 2.26. The van der Waals surface area contributed by atoms with Gasteiger partial charge >= 0.3 is 0 Å². The second-order valence-corrected chi connectivity index (χ2v) is 7.87. The molecular formula is C20H20N2OS. The average molecular weight is 336 g/mol. The summed E-state index contributed by atoms with van der Waals surface area (Å²) in [5.41, 5.74) is 1.84. The Hall–Kier alpha value is -2.59. The van der Waals surface area contributed by atoms with Crippen molar-refractivity contribution in [3.05, 3.63) is 84.9 Å². The quantitative estimate of drug-likeness (QED) is 0.587. The van der Waals surface area contributed by atoms with E-state index in [9.17, 15) is 0 Å². The van der Waals surface area contributed by atoms with Gasteiger partial charge in [0, 0.05) is 11.2 Å². The van der Waals surface area contributed by atoms with Gasteiger partial charge in [0.25, 0.3) is 0 Å². The Morgan fingerprint density at radius 3 is 1.71 bits per heavy atom. The van der Waals surface area contributed by atoms with E-state index in [0.29, 0.717) is 0 Å². The molecule has 24 heavy (non-hydrogen) atoms. The summed E-state index contributed by atoms with van der Waals surface area (Å²) in [6.45, 7) is 0. The van der Waals surface area contributed by atoms with Crippen LogP contribution in [0.4, 0.5) is 11.4 Å². The number of benzene rings is 3. The van der Waals surface area contributed by atoms with Crippen molar-refractivity contribution in [1.82, 2.24) is 0 Å². The predicted octanol–water partition coefficient (Wildman–Crippen LogP) is 5.87. The zero-order valence-electron chi connectivity index (χ0n) is 13.8. The van der Waals surface area contributed by atoms with Crippen molar-refractivity contribution in [2.24, 2.45) is 8.73 Å². The van der Waals surface area contributed by atoms with E-state index in [1.54, 1.807) is 7.11 Å². The minimum Gasteiger partial charge on any atom is -0.497 e. The van der Waals surface area contributed by atoms with Crippen molar-refractivity contribution in [3.8, 4) is 5.75 Å². The first-order valence-electron chi connectivity index (χ1n) is 7.68. The molecule has 122 valence electrons. The molecule has 0 spiro atoms. The monoisotopic (exact) mass is 336 g/mol. The van der Waals surface area contributed by atoms with Gasteiger partial charge in [0.05, 0.1) is 18.5 Å². The van der Waals surface area contributed by atoms with Gasteiger partial charge in [-0.05, 0) is 58.2 Å². The Kier molecular flexibility index (Phi) is 4.96. The summed E-state index contributed by atoms with van der Waals surface area (Å²) in [5.74, 6) is 0.824. The molecule has 0 bridgehead atoms. The van der Waals surface area contributed by atoms with Crippen LogP contribution in [0.3, 0.4) is 0 Å². The van der Waals surface area contributed by atoms with Gasteiger partial charge in [0.15, 0.2) is 0 Å². The standard InChI is InChI=1S/C20H20N2OS/c1-23-19-15-13-18(14-16-19)22-24(2,20-11-7-4-8-12-20)21-17-9-5-3-6-10-17/h3-16H,1-2H3. The first kappa shape index (κ1) is 16.3. The molecule has 0 aliphatic heterocycles. The number of hydrogen-bond donors (Lipinski definition) is 0. The Balaban J connectivity index is 2.18. The van der Waals surface area contributed by atoms with Gasteiger partial charge in [-0.25, -0.2) is 8.73 Å². The van der Waals surface area contributed by atoms with Crippen LogP contribution in [0.2, 0.25) is 0 Å². The first-order valence-corrected chi connectivity index (χ1v) is 9.63. The van der Waals surface area contributed by atoms with Gasteiger partial charge in [-0.1, -0.05) is 36.4 Å². The fourth-order valence-electron chi connectivity index (χ4n) is 2.35. The van der Waals surface area contributed by atoms with Crippen LogP contribution in [0.15, 0.2) is 98.6 Å².